The zero-order valence-electron chi connectivity index (χ0n) is 17.6. The lowest BCUT2D eigenvalue weighted by Crippen LogP contribution is -2.20. The number of benzene rings is 3. The highest BCUT2D eigenvalue weighted by Gasteiger charge is 2.11. The van der Waals surface area contributed by atoms with E-state index in [4.69, 9.17) is 16.3 Å². The lowest BCUT2D eigenvalue weighted by atomic mass is 10.1. The number of hydrogen-bond donors (Lipinski definition) is 2. The van der Waals surface area contributed by atoms with Gasteiger partial charge in [-0.25, -0.2) is 4.39 Å². The molecule has 166 valence electrons. The molecule has 0 radical (unpaired) electrons. The van der Waals surface area contributed by atoms with Crippen LogP contribution in [0.1, 0.15) is 11.1 Å². The van der Waals surface area contributed by atoms with Gasteiger partial charge in [-0.15, -0.1) is 0 Å². The summed E-state index contributed by atoms with van der Waals surface area (Å²) in [6.07, 6.45) is 1.40. The van der Waals surface area contributed by atoms with Crippen molar-refractivity contribution in [3.05, 3.63) is 94.3 Å². The molecule has 6 nitrogen and oxygen atoms in total. The van der Waals surface area contributed by atoms with Crippen LogP contribution in [0.25, 0.3) is 6.08 Å². The number of hydrogen-bond acceptors (Lipinski definition) is 4. The number of halogens is 2. The fourth-order valence-corrected chi connectivity index (χ4v) is 2.99. The summed E-state index contributed by atoms with van der Waals surface area (Å²) >= 11 is 6.23. The predicted octanol–water partition coefficient (Wildman–Crippen LogP) is 5.35. The molecule has 0 saturated carbocycles. The van der Waals surface area contributed by atoms with Crippen molar-refractivity contribution in [2.45, 2.75) is 6.92 Å². The van der Waals surface area contributed by atoms with Gasteiger partial charge in [0.2, 0.25) is 0 Å². The maximum atomic E-state index is 12.9. The van der Waals surface area contributed by atoms with E-state index in [-0.39, 0.29) is 23.0 Å². The fraction of sp³-hybridized carbons (Fsp3) is 0.0800. The summed E-state index contributed by atoms with van der Waals surface area (Å²) < 4.78 is 18.4. The van der Waals surface area contributed by atoms with Crippen molar-refractivity contribution in [3.63, 3.8) is 0 Å². The third kappa shape index (κ3) is 6.92. The number of anilines is 2. The first-order valence-corrected chi connectivity index (χ1v) is 10.2. The van der Waals surface area contributed by atoms with Gasteiger partial charge in [-0.05, 0) is 67.1 Å². The summed E-state index contributed by atoms with van der Waals surface area (Å²) in [5.41, 5.74) is 2.48. The first-order chi connectivity index (χ1) is 15.8. The Morgan fingerprint density at radius 1 is 1.03 bits per heavy atom. The molecule has 0 fully saturated rings. The first-order valence-electron chi connectivity index (χ1n) is 9.81. The van der Waals surface area contributed by atoms with Crippen LogP contribution in [0, 0.1) is 24.1 Å². The summed E-state index contributed by atoms with van der Waals surface area (Å²) in [6, 6.07) is 19.1. The van der Waals surface area contributed by atoms with Crippen molar-refractivity contribution in [1.29, 1.82) is 5.26 Å². The minimum absolute atomic E-state index is 0.0982. The van der Waals surface area contributed by atoms with Crippen LogP contribution in [0.5, 0.6) is 5.75 Å². The van der Waals surface area contributed by atoms with Gasteiger partial charge in [0.1, 0.15) is 23.2 Å². The molecular weight excluding hydrogens is 445 g/mol. The molecule has 8 heteroatoms. The molecule has 3 rings (SSSR count). The molecule has 0 aliphatic carbocycles. The Hall–Kier alpha value is -4.15. The van der Waals surface area contributed by atoms with Gasteiger partial charge in [0.05, 0.1) is 5.02 Å². The molecule has 3 aromatic carbocycles. The Morgan fingerprint density at radius 2 is 1.67 bits per heavy atom. The second-order valence-corrected chi connectivity index (χ2v) is 7.43. The van der Waals surface area contributed by atoms with Crippen LogP contribution >= 0.6 is 11.6 Å². The Morgan fingerprint density at radius 3 is 2.30 bits per heavy atom. The minimum Gasteiger partial charge on any atom is -0.482 e. The standard InChI is InChI=1S/C25H19ClFN3O3/c1-16-2-7-21(8-3-16)30-25(32)18(14-28)12-17-4-11-23(22(26)13-17)33-15-24(31)29-20-9-5-19(27)6-10-20/h2-13H,15H2,1H3,(H,29,31)(H,30,32). The van der Waals surface area contributed by atoms with Gasteiger partial charge >= 0.3 is 0 Å². The molecule has 0 heterocycles. The molecular formula is C25H19ClFN3O3. The molecule has 0 saturated heterocycles. The zero-order valence-corrected chi connectivity index (χ0v) is 18.3. The third-order valence-corrected chi connectivity index (χ3v) is 4.72. The maximum Gasteiger partial charge on any atom is 0.266 e. The van der Waals surface area contributed by atoms with Crippen LogP contribution in [0.3, 0.4) is 0 Å². The molecule has 0 unspecified atom stereocenters. The molecule has 33 heavy (non-hydrogen) atoms. The smallest absolute Gasteiger partial charge is 0.266 e. The number of nitrogens with zero attached hydrogens (tertiary/aromatic N) is 1. The van der Waals surface area contributed by atoms with E-state index in [1.165, 1.54) is 42.5 Å². The van der Waals surface area contributed by atoms with E-state index in [0.717, 1.165) is 5.56 Å². The Kier molecular flexibility index (Phi) is 7.79. The Bertz CT molecular complexity index is 1230. The van der Waals surface area contributed by atoms with Gasteiger partial charge in [0, 0.05) is 11.4 Å². The summed E-state index contributed by atoms with van der Waals surface area (Å²) in [4.78, 5) is 24.4. The van der Waals surface area contributed by atoms with Gasteiger partial charge in [-0.3, -0.25) is 9.59 Å². The molecule has 0 bridgehead atoms. The molecule has 3 aromatic rings. The van der Waals surface area contributed by atoms with E-state index in [1.807, 2.05) is 25.1 Å². The van der Waals surface area contributed by atoms with Crippen molar-refractivity contribution < 1.29 is 18.7 Å². The summed E-state index contributed by atoms with van der Waals surface area (Å²) in [5.74, 6) is -1.14. The number of ether oxygens (including phenoxy) is 1. The van der Waals surface area contributed by atoms with E-state index in [2.05, 4.69) is 10.6 Å². The van der Waals surface area contributed by atoms with Gasteiger partial charge in [0.25, 0.3) is 11.8 Å². The van der Waals surface area contributed by atoms with E-state index in [0.29, 0.717) is 16.9 Å². The number of rotatable bonds is 7. The largest absolute Gasteiger partial charge is 0.482 e. The number of amides is 2. The van der Waals surface area contributed by atoms with Gasteiger partial charge in [-0.2, -0.15) is 5.26 Å². The van der Waals surface area contributed by atoms with Crippen LogP contribution in [-0.4, -0.2) is 18.4 Å². The highest BCUT2D eigenvalue weighted by Crippen LogP contribution is 2.26. The summed E-state index contributed by atoms with van der Waals surface area (Å²) in [7, 11) is 0. The average Bonchev–Trinajstić information content (AvgIpc) is 2.80. The number of nitrogens with one attached hydrogen (secondary N) is 2. The molecule has 0 aliphatic rings. The van der Waals surface area contributed by atoms with Crippen molar-refractivity contribution in [3.8, 4) is 11.8 Å². The van der Waals surface area contributed by atoms with Crippen LogP contribution < -0.4 is 15.4 Å². The minimum atomic E-state index is -0.546. The lowest BCUT2D eigenvalue weighted by Gasteiger charge is -2.10. The second-order valence-electron chi connectivity index (χ2n) is 7.02. The first kappa shape index (κ1) is 23.5. The van der Waals surface area contributed by atoms with Crippen molar-refractivity contribution in [2.75, 3.05) is 17.2 Å². The van der Waals surface area contributed by atoms with E-state index in [1.54, 1.807) is 18.2 Å². The highest BCUT2D eigenvalue weighted by molar-refractivity contribution is 6.32. The zero-order chi connectivity index (χ0) is 23.8. The van der Waals surface area contributed by atoms with Crippen LogP contribution in [0.15, 0.2) is 72.3 Å². The molecule has 2 amide bonds. The van der Waals surface area contributed by atoms with E-state index in [9.17, 15) is 19.2 Å². The monoisotopic (exact) mass is 463 g/mol. The van der Waals surface area contributed by atoms with Gasteiger partial charge in [0.15, 0.2) is 6.61 Å². The fourth-order valence-electron chi connectivity index (χ4n) is 2.75. The number of carbonyl (C=O) groups excluding carboxylic acids is 2. The third-order valence-electron chi connectivity index (χ3n) is 4.43. The Balaban J connectivity index is 1.62. The number of carbonyl (C=O) groups is 2. The van der Waals surface area contributed by atoms with Crippen molar-refractivity contribution in [1.82, 2.24) is 0 Å². The predicted molar refractivity (Wildman–Crippen MR) is 125 cm³/mol. The lowest BCUT2D eigenvalue weighted by molar-refractivity contribution is -0.118. The van der Waals surface area contributed by atoms with Gasteiger partial charge in [-0.1, -0.05) is 35.4 Å². The normalized spacial score (nSPS) is 10.8. The summed E-state index contributed by atoms with van der Waals surface area (Å²) in [5, 5.41) is 14.8. The number of aryl methyl sites for hydroxylation is 1. The second kappa shape index (κ2) is 10.9. The molecule has 0 aliphatic heterocycles. The Labute approximate surface area is 195 Å². The summed E-state index contributed by atoms with van der Waals surface area (Å²) in [6.45, 7) is 1.62. The topological polar surface area (TPSA) is 91.2 Å². The average molecular weight is 464 g/mol. The van der Waals surface area contributed by atoms with Crippen molar-refractivity contribution in [2.24, 2.45) is 0 Å². The maximum absolute atomic E-state index is 12.9. The van der Waals surface area contributed by atoms with Gasteiger partial charge < -0.3 is 15.4 Å². The van der Waals surface area contributed by atoms with Crippen molar-refractivity contribution >= 4 is 40.9 Å². The molecule has 0 spiro atoms. The molecule has 0 aromatic heterocycles. The van der Waals surface area contributed by atoms with Crippen LogP contribution in [0.4, 0.5) is 15.8 Å². The number of nitriles is 1. The SMILES string of the molecule is Cc1ccc(NC(=O)C(C#N)=Cc2ccc(OCC(=O)Nc3ccc(F)cc3)c(Cl)c2)cc1. The molecule has 0 atom stereocenters. The molecule has 2 N–H and O–H groups in total. The highest BCUT2D eigenvalue weighted by atomic mass is 35.5. The van der Waals surface area contributed by atoms with Crippen LogP contribution in [-0.2, 0) is 9.59 Å². The van der Waals surface area contributed by atoms with E-state index < -0.39 is 17.6 Å². The van der Waals surface area contributed by atoms with E-state index >= 15 is 0 Å². The quantitative estimate of drug-likeness (QED) is 0.365. The van der Waals surface area contributed by atoms with Crippen LogP contribution in [0.2, 0.25) is 5.02 Å².